The molecule has 4 heteroatoms. The standard InChI is InChI=1S/C9H9BrN2O/c1-9(2,12-6-13)8-4-3-7(10)5-11-8/h3-5H,1-2H3. The molecule has 3 nitrogen and oxygen atoms in total. The van der Waals surface area contributed by atoms with Gasteiger partial charge in [0.25, 0.3) is 0 Å². The van der Waals surface area contributed by atoms with E-state index in [1.165, 1.54) is 0 Å². The van der Waals surface area contributed by atoms with Gasteiger partial charge >= 0.3 is 0 Å². The van der Waals surface area contributed by atoms with Gasteiger partial charge in [-0.25, -0.2) is 4.79 Å². The first kappa shape index (κ1) is 10.1. The van der Waals surface area contributed by atoms with Crippen LogP contribution >= 0.6 is 15.9 Å². The molecular formula is C9H9BrN2O. The van der Waals surface area contributed by atoms with Crippen LogP contribution in [0.2, 0.25) is 0 Å². The number of isocyanates is 1. The fraction of sp³-hybridized carbons (Fsp3) is 0.333. The maximum atomic E-state index is 10.1. The molecule has 0 fully saturated rings. The summed E-state index contributed by atoms with van der Waals surface area (Å²) >= 11 is 3.28. The summed E-state index contributed by atoms with van der Waals surface area (Å²) in [6, 6.07) is 3.69. The minimum atomic E-state index is -0.595. The van der Waals surface area contributed by atoms with Crippen LogP contribution in [0.25, 0.3) is 0 Å². The van der Waals surface area contributed by atoms with Crippen LogP contribution in [0.15, 0.2) is 27.8 Å². The van der Waals surface area contributed by atoms with Gasteiger partial charge in [-0.2, -0.15) is 4.99 Å². The van der Waals surface area contributed by atoms with Crippen LogP contribution in [0.3, 0.4) is 0 Å². The Hall–Kier alpha value is -0.990. The number of pyridine rings is 1. The zero-order valence-electron chi connectivity index (χ0n) is 7.41. The molecule has 0 unspecified atom stereocenters. The number of halogens is 1. The molecule has 1 aromatic rings. The molecule has 0 spiro atoms. The van der Waals surface area contributed by atoms with Crippen LogP contribution in [0.5, 0.6) is 0 Å². The van der Waals surface area contributed by atoms with Crippen molar-refractivity contribution in [3.05, 3.63) is 28.5 Å². The van der Waals surface area contributed by atoms with E-state index in [0.29, 0.717) is 0 Å². The van der Waals surface area contributed by atoms with Gasteiger partial charge in [-0.3, -0.25) is 4.98 Å². The Balaban J connectivity index is 3.07. The molecule has 0 radical (unpaired) electrons. The third-order valence-electron chi connectivity index (χ3n) is 1.68. The maximum Gasteiger partial charge on any atom is 0.235 e. The van der Waals surface area contributed by atoms with E-state index in [9.17, 15) is 4.79 Å². The van der Waals surface area contributed by atoms with Crippen molar-refractivity contribution < 1.29 is 4.79 Å². The molecule has 0 aliphatic rings. The molecule has 0 N–H and O–H groups in total. The molecule has 0 aliphatic carbocycles. The highest BCUT2D eigenvalue weighted by atomic mass is 79.9. The zero-order chi connectivity index (χ0) is 9.90. The van der Waals surface area contributed by atoms with Crippen LogP contribution in [-0.4, -0.2) is 11.1 Å². The van der Waals surface area contributed by atoms with Crippen molar-refractivity contribution in [2.75, 3.05) is 0 Å². The second kappa shape index (κ2) is 3.81. The van der Waals surface area contributed by atoms with E-state index >= 15 is 0 Å². The Morgan fingerprint density at radius 2 is 2.23 bits per heavy atom. The van der Waals surface area contributed by atoms with E-state index in [2.05, 4.69) is 25.9 Å². The minimum absolute atomic E-state index is 0.595. The molecule has 68 valence electrons. The summed E-state index contributed by atoms with van der Waals surface area (Å²) in [5.74, 6) is 0. The van der Waals surface area contributed by atoms with Crippen LogP contribution < -0.4 is 0 Å². The van der Waals surface area contributed by atoms with Crippen molar-refractivity contribution in [2.45, 2.75) is 19.4 Å². The number of aromatic nitrogens is 1. The predicted molar refractivity (Wildman–Crippen MR) is 53.1 cm³/mol. The predicted octanol–water partition coefficient (Wildman–Crippen LogP) is 2.42. The van der Waals surface area contributed by atoms with Gasteiger partial charge in [0.15, 0.2) is 0 Å². The van der Waals surface area contributed by atoms with Gasteiger partial charge in [-0.15, -0.1) is 0 Å². The fourth-order valence-electron chi connectivity index (χ4n) is 0.909. The van der Waals surface area contributed by atoms with Gasteiger partial charge in [-0.1, -0.05) is 0 Å². The number of carbonyl (C=O) groups excluding carboxylic acids is 1. The molecule has 13 heavy (non-hydrogen) atoms. The lowest BCUT2D eigenvalue weighted by Gasteiger charge is -2.15. The normalized spacial score (nSPS) is 10.7. The number of hydrogen-bond acceptors (Lipinski definition) is 3. The minimum Gasteiger partial charge on any atom is -0.258 e. The Morgan fingerprint density at radius 3 is 2.69 bits per heavy atom. The highest BCUT2D eigenvalue weighted by molar-refractivity contribution is 9.10. The quantitative estimate of drug-likeness (QED) is 0.589. The molecule has 0 bridgehead atoms. The third kappa shape index (κ3) is 2.47. The third-order valence-corrected chi connectivity index (χ3v) is 2.15. The summed E-state index contributed by atoms with van der Waals surface area (Å²) in [6.07, 6.45) is 3.22. The second-order valence-electron chi connectivity index (χ2n) is 3.12. The lowest BCUT2D eigenvalue weighted by atomic mass is 10.0. The Kier molecular flexibility index (Phi) is 2.96. The van der Waals surface area contributed by atoms with E-state index in [0.717, 1.165) is 10.2 Å². The monoisotopic (exact) mass is 240 g/mol. The van der Waals surface area contributed by atoms with Crippen molar-refractivity contribution >= 4 is 22.0 Å². The van der Waals surface area contributed by atoms with Gasteiger partial charge in [0.1, 0.15) is 5.54 Å². The first-order chi connectivity index (χ1) is 6.06. The van der Waals surface area contributed by atoms with Gasteiger partial charge in [0, 0.05) is 10.7 Å². The van der Waals surface area contributed by atoms with Crippen molar-refractivity contribution in [1.82, 2.24) is 4.98 Å². The number of hydrogen-bond donors (Lipinski definition) is 0. The van der Waals surface area contributed by atoms with Gasteiger partial charge < -0.3 is 0 Å². The van der Waals surface area contributed by atoms with Crippen molar-refractivity contribution in [3.8, 4) is 0 Å². The molecule has 0 saturated carbocycles. The molecule has 0 aromatic carbocycles. The Bertz CT molecular complexity index is 339. The number of nitrogens with zero attached hydrogens (tertiary/aromatic N) is 2. The highest BCUT2D eigenvalue weighted by Crippen LogP contribution is 2.22. The van der Waals surface area contributed by atoms with E-state index in [4.69, 9.17) is 0 Å². The number of rotatable bonds is 2. The number of aliphatic imine (C=N–C) groups is 1. The van der Waals surface area contributed by atoms with Crippen molar-refractivity contribution in [3.63, 3.8) is 0 Å². The molecule has 1 rings (SSSR count). The average Bonchev–Trinajstić information content (AvgIpc) is 2.05. The summed E-state index contributed by atoms with van der Waals surface area (Å²) < 4.78 is 0.905. The second-order valence-corrected chi connectivity index (χ2v) is 4.04. The summed E-state index contributed by atoms with van der Waals surface area (Å²) in [7, 11) is 0. The van der Waals surface area contributed by atoms with Gasteiger partial charge in [0.2, 0.25) is 6.08 Å². The summed E-state index contributed by atoms with van der Waals surface area (Å²) in [4.78, 5) is 18.0. The van der Waals surface area contributed by atoms with Crippen molar-refractivity contribution in [2.24, 2.45) is 4.99 Å². The van der Waals surface area contributed by atoms with Crippen LogP contribution in [-0.2, 0) is 10.3 Å². The summed E-state index contributed by atoms with van der Waals surface area (Å²) in [6.45, 7) is 3.63. The largest absolute Gasteiger partial charge is 0.258 e. The molecule has 0 saturated heterocycles. The zero-order valence-corrected chi connectivity index (χ0v) is 9.00. The topological polar surface area (TPSA) is 42.3 Å². The first-order valence-electron chi connectivity index (χ1n) is 3.77. The summed E-state index contributed by atoms with van der Waals surface area (Å²) in [5, 5.41) is 0. The van der Waals surface area contributed by atoms with E-state index in [1.54, 1.807) is 12.3 Å². The van der Waals surface area contributed by atoms with Crippen LogP contribution in [0, 0.1) is 0 Å². The lowest BCUT2D eigenvalue weighted by Crippen LogP contribution is -2.15. The average molecular weight is 241 g/mol. The Morgan fingerprint density at radius 1 is 1.54 bits per heavy atom. The highest BCUT2D eigenvalue weighted by Gasteiger charge is 2.20. The molecule has 0 aliphatic heterocycles. The molecule has 1 aromatic heterocycles. The van der Waals surface area contributed by atoms with Gasteiger partial charge in [0.05, 0.1) is 5.69 Å². The first-order valence-corrected chi connectivity index (χ1v) is 4.56. The van der Waals surface area contributed by atoms with Gasteiger partial charge in [-0.05, 0) is 41.9 Å². The molecule has 0 atom stereocenters. The lowest BCUT2D eigenvalue weighted by molar-refractivity contribution is 0.512. The SMILES string of the molecule is CC(C)(N=C=O)c1ccc(Br)cn1. The van der Waals surface area contributed by atoms with E-state index < -0.39 is 5.54 Å². The molecular weight excluding hydrogens is 232 g/mol. The fourth-order valence-corrected chi connectivity index (χ4v) is 1.14. The molecule has 0 amide bonds. The van der Waals surface area contributed by atoms with Crippen LogP contribution in [0.1, 0.15) is 19.5 Å². The smallest absolute Gasteiger partial charge is 0.235 e. The molecule has 1 heterocycles. The Labute approximate surface area is 85.0 Å². The van der Waals surface area contributed by atoms with E-state index in [1.807, 2.05) is 26.0 Å². The maximum absolute atomic E-state index is 10.1. The van der Waals surface area contributed by atoms with E-state index in [-0.39, 0.29) is 0 Å². The summed E-state index contributed by atoms with van der Waals surface area (Å²) in [5.41, 5.74) is 0.154. The van der Waals surface area contributed by atoms with Crippen molar-refractivity contribution in [1.29, 1.82) is 0 Å². The van der Waals surface area contributed by atoms with Crippen LogP contribution in [0.4, 0.5) is 0 Å².